The number of ether oxygens (including phenoxy) is 1. The molecule has 0 aliphatic carbocycles. The molecule has 0 spiro atoms. The Bertz CT molecular complexity index is 529. The zero-order valence-electron chi connectivity index (χ0n) is 17.4. The molecule has 0 radical (unpaired) electrons. The van der Waals surface area contributed by atoms with Crippen molar-refractivity contribution in [2.24, 2.45) is 11.8 Å². The van der Waals surface area contributed by atoms with Crippen molar-refractivity contribution in [1.82, 2.24) is 15.3 Å². The second kappa shape index (κ2) is 14.2. The highest BCUT2D eigenvalue weighted by Gasteiger charge is 2.28. The van der Waals surface area contributed by atoms with Gasteiger partial charge in [-0.3, -0.25) is 19.7 Å². The molecule has 10 heteroatoms. The van der Waals surface area contributed by atoms with Gasteiger partial charge in [0, 0.05) is 31.7 Å². The summed E-state index contributed by atoms with van der Waals surface area (Å²) in [5, 5.41) is 12.5. The Balaban J connectivity index is 4.47. The maximum Gasteiger partial charge on any atom is 0.415 e. The highest BCUT2D eigenvalue weighted by atomic mass is 32.2. The monoisotopic (exact) mass is 419 g/mol. The summed E-state index contributed by atoms with van der Waals surface area (Å²) in [6.07, 6.45) is 0.915. The first-order valence-electron chi connectivity index (χ1n) is 9.38. The summed E-state index contributed by atoms with van der Waals surface area (Å²) in [5.41, 5.74) is 0. The van der Waals surface area contributed by atoms with E-state index in [0.717, 1.165) is 17.1 Å². The van der Waals surface area contributed by atoms with Gasteiger partial charge in [0.1, 0.15) is 0 Å². The molecule has 0 aromatic rings. The Morgan fingerprint density at radius 1 is 1.18 bits per heavy atom. The third kappa shape index (κ3) is 9.93. The first-order chi connectivity index (χ1) is 13.1. The first-order valence-corrected chi connectivity index (χ1v) is 10.5. The van der Waals surface area contributed by atoms with Gasteiger partial charge in [-0.1, -0.05) is 27.2 Å². The van der Waals surface area contributed by atoms with Crippen LogP contribution in [0.2, 0.25) is 0 Å². The molecular formula is C18H33N3O6S. The van der Waals surface area contributed by atoms with E-state index < -0.39 is 29.9 Å². The minimum absolute atomic E-state index is 0.00933. The van der Waals surface area contributed by atoms with Crippen LogP contribution in [0.5, 0.6) is 0 Å². The number of hydrogen-bond donors (Lipinski definition) is 2. The number of urea groups is 1. The van der Waals surface area contributed by atoms with Crippen molar-refractivity contribution in [3.8, 4) is 0 Å². The molecule has 28 heavy (non-hydrogen) atoms. The minimum atomic E-state index is -0.921. The average molecular weight is 420 g/mol. The van der Waals surface area contributed by atoms with Crippen LogP contribution in [-0.4, -0.2) is 71.3 Å². The fourth-order valence-electron chi connectivity index (χ4n) is 2.26. The summed E-state index contributed by atoms with van der Waals surface area (Å²) < 4.78 is 4.44. The van der Waals surface area contributed by atoms with E-state index >= 15 is 0 Å². The van der Waals surface area contributed by atoms with Crippen LogP contribution in [0, 0.1) is 11.8 Å². The largest absolute Gasteiger partial charge is 0.452 e. The number of carbonyl (C=O) groups is 4. The van der Waals surface area contributed by atoms with E-state index in [-0.39, 0.29) is 24.4 Å². The summed E-state index contributed by atoms with van der Waals surface area (Å²) in [5.74, 6) is 0.295. The molecule has 0 aliphatic rings. The van der Waals surface area contributed by atoms with Crippen LogP contribution in [0.25, 0.3) is 0 Å². The molecule has 9 nitrogen and oxygen atoms in total. The minimum Gasteiger partial charge on any atom is -0.452 e. The topological polar surface area (TPSA) is 116 Å². The van der Waals surface area contributed by atoms with Crippen LogP contribution in [-0.2, 0) is 14.3 Å². The molecular weight excluding hydrogens is 386 g/mol. The number of nitrogens with one attached hydrogen (secondary N) is 1. The zero-order chi connectivity index (χ0) is 21.7. The lowest BCUT2D eigenvalue weighted by Gasteiger charge is -2.21. The van der Waals surface area contributed by atoms with Gasteiger partial charge in [0.2, 0.25) is 5.91 Å². The third-order valence-corrected chi connectivity index (χ3v) is 5.08. The molecule has 0 aromatic carbocycles. The zero-order valence-corrected chi connectivity index (χ0v) is 18.2. The lowest BCUT2D eigenvalue weighted by molar-refractivity contribution is -0.157. The molecule has 0 heterocycles. The molecule has 0 fully saturated rings. The maximum atomic E-state index is 12.4. The second-order valence-electron chi connectivity index (χ2n) is 6.74. The number of methoxy groups -OCH3 is 1. The molecule has 1 atom stereocenters. The number of nitrogens with zero attached hydrogens (tertiary/aromatic N) is 2. The molecule has 0 saturated carbocycles. The van der Waals surface area contributed by atoms with Crippen LogP contribution >= 0.6 is 11.8 Å². The average Bonchev–Trinajstić information content (AvgIpc) is 2.68. The van der Waals surface area contributed by atoms with E-state index in [2.05, 4.69) is 23.9 Å². The number of hydroxylamine groups is 2. The predicted molar refractivity (Wildman–Crippen MR) is 107 cm³/mol. The van der Waals surface area contributed by atoms with Crippen LogP contribution < -0.4 is 5.32 Å². The lowest BCUT2D eigenvalue weighted by Crippen LogP contribution is -2.45. The van der Waals surface area contributed by atoms with Crippen molar-refractivity contribution in [3.05, 3.63) is 0 Å². The quantitative estimate of drug-likeness (QED) is 0.300. The molecule has 0 rings (SSSR count). The molecule has 0 unspecified atom stereocenters. The fraction of sp³-hybridized carbons (Fsp3) is 0.778. The van der Waals surface area contributed by atoms with Gasteiger partial charge < -0.3 is 10.1 Å². The predicted octanol–water partition coefficient (Wildman–Crippen LogP) is 2.72. The number of carbonyl (C=O) groups excluding carboxylic acids is 4. The Morgan fingerprint density at radius 3 is 2.36 bits per heavy atom. The number of imide groups is 2. The maximum absolute atomic E-state index is 12.4. The number of hydrogen-bond acceptors (Lipinski definition) is 7. The number of thioether (sulfide) groups is 1. The molecule has 0 saturated heterocycles. The van der Waals surface area contributed by atoms with Crippen LogP contribution in [0.15, 0.2) is 0 Å². The smallest absolute Gasteiger partial charge is 0.415 e. The SMILES string of the molecule is CCSC[C@@H](CCC(C)C)C(=O)N(O)C(=O)NCCCC(=O)N(C)C(=O)OC. The van der Waals surface area contributed by atoms with Crippen molar-refractivity contribution < 1.29 is 29.1 Å². The molecule has 162 valence electrons. The van der Waals surface area contributed by atoms with Gasteiger partial charge >= 0.3 is 12.1 Å². The van der Waals surface area contributed by atoms with Crippen molar-refractivity contribution in [2.75, 3.05) is 32.2 Å². The van der Waals surface area contributed by atoms with Crippen LogP contribution in [0.3, 0.4) is 0 Å². The normalized spacial score (nSPS) is 11.7. The van der Waals surface area contributed by atoms with Gasteiger partial charge in [-0.15, -0.1) is 5.06 Å². The van der Waals surface area contributed by atoms with Gasteiger partial charge in [0.15, 0.2) is 0 Å². The molecule has 2 N–H and O–H groups in total. The van der Waals surface area contributed by atoms with Crippen LogP contribution in [0.1, 0.15) is 46.5 Å². The summed E-state index contributed by atoms with van der Waals surface area (Å²) in [7, 11) is 2.47. The van der Waals surface area contributed by atoms with E-state index in [1.165, 1.54) is 14.2 Å². The van der Waals surface area contributed by atoms with Crippen molar-refractivity contribution >= 4 is 35.7 Å². The van der Waals surface area contributed by atoms with E-state index in [1.54, 1.807) is 11.8 Å². The first kappa shape index (κ1) is 26.2. The Hall–Kier alpha value is -1.81. The molecule has 0 bridgehead atoms. The Kier molecular flexibility index (Phi) is 13.3. The van der Waals surface area contributed by atoms with Crippen LogP contribution in [0.4, 0.5) is 9.59 Å². The molecule has 5 amide bonds. The Morgan fingerprint density at radius 2 is 1.82 bits per heavy atom. The molecule has 0 aromatic heterocycles. The third-order valence-electron chi connectivity index (χ3n) is 4.03. The summed E-state index contributed by atoms with van der Waals surface area (Å²) in [6.45, 7) is 6.16. The fourth-order valence-corrected chi connectivity index (χ4v) is 3.09. The van der Waals surface area contributed by atoms with E-state index in [1.807, 2.05) is 6.92 Å². The van der Waals surface area contributed by atoms with Crippen molar-refractivity contribution in [3.63, 3.8) is 0 Å². The highest BCUT2D eigenvalue weighted by molar-refractivity contribution is 7.99. The van der Waals surface area contributed by atoms with Crippen molar-refractivity contribution in [2.45, 2.75) is 46.5 Å². The number of amides is 5. The highest BCUT2D eigenvalue weighted by Crippen LogP contribution is 2.19. The van der Waals surface area contributed by atoms with Gasteiger partial charge in [0.25, 0.3) is 5.91 Å². The van der Waals surface area contributed by atoms with E-state index in [9.17, 15) is 24.4 Å². The van der Waals surface area contributed by atoms with Gasteiger partial charge in [-0.25, -0.2) is 9.59 Å². The summed E-state index contributed by atoms with van der Waals surface area (Å²) in [4.78, 5) is 48.2. The van der Waals surface area contributed by atoms with Gasteiger partial charge in [0.05, 0.1) is 7.11 Å². The standard InChI is InChI=1S/C18H33N3O6S/c1-6-28-12-14(10-9-13(2)3)16(23)21(26)17(24)19-11-7-8-15(22)20(4)18(25)27-5/h13-14,26H,6-12H2,1-5H3,(H,19,24)/t14-/m1/s1. The van der Waals surface area contributed by atoms with E-state index in [4.69, 9.17) is 0 Å². The second-order valence-corrected chi connectivity index (χ2v) is 8.05. The van der Waals surface area contributed by atoms with E-state index in [0.29, 0.717) is 18.1 Å². The Labute approximate surface area is 171 Å². The molecule has 0 aliphatic heterocycles. The lowest BCUT2D eigenvalue weighted by atomic mass is 9.98. The van der Waals surface area contributed by atoms with Gasteiger partial charge in [-0.2, -0.15) is 11.8 Å². The summed E-state index contributed by atoms with van der Waals surface area (Å²) >= 11 is 1.59. The number of rotatable bonds is 11. The van der Waals surface area contributed by atoms with Crippen molar-refractivity contribution in [1.29, 1.82) is 0 Å². The van der Waals surface area contributed by atoms with Gasteiger partial charge in [-0.05, 0) is 24.5 Å². The summed E-state index contributed by atoms with van der Waals surface area (Å²) in [6, 6.07) is -0.921.